The molecule has 7 nitrogen and oxygen atoms in total. The van der Waals surface area contributed by atoms with Crippen molar-refractivity contribution in [1.29, 1.82) is 0 Å². The normalized spacial score (nSPS) is 22.3. The van der Waals surface area contributed by atoms with Crippen LogP contribution in [-0.2, 0) is 11.0 Å². The number of carbonyl (C=O) groups is 3. The van der Waals surface area contributed by atoms with Gasteiger partial charge in [0, 0.05) is 12.7 Å². The largest absolute Gasteiger partial charge is 0.481 e. The number of Topliss-reactive ketones (excluding diaryl/α,β-unsaturated/α-hetero) is 1. The van der Waals surface area contributed by atoms with Gasteiger partial charge in [-0.15, -0.1) is 0 Å². The maximum absolute atomic E-state index is 14.4. The number of carboxylic acids is 1. The lowest BCUT2D eigenvalue weighted by atomic mass is 9.74. The molecule has 2 aromatic rings. The van der Waals surface area contributed by atoms with Crippen molar-refractivity contribution in [3.63, 3.8) is 0 Å². The van der Waals surface area contributed by atoms with Gasteiger partial charge in [0.25, 0.3) is 5.91 Å². The minimum absolute atomic E-state index is 0.121. The van der Waals surface area contributed by atoms with E-state index in [-0.39, 0.29) is 30.7 Å². The summed E-state index contributed by atoms with van der Waals surface area (Å²) in [5, 5.41) is 12.6. The number of alkyl halides is 6. The zero-order valence-corrected chi connectivity index (χ0v) is 22.3. The SMILES string of the molecule is CC1(C(=O)O)CCC(n2cc(C(=O)N(CC(=O)c3c(F)cccc3Cl)CC3(C(F)(F)F)CC3)c(C(F)(F)F)n2)CC1. The third kappa shape index (κ3) is 6.07. The number of benzene rings is 1. The van der Waals surface area contributed by atoms with E-state index in [1.807, 2.05) is 0 Å². The molecule has 0 radical (unpaired) electrons. The molecule has 2 aliphatic carbocycles. The van der Waals surface area contributed by atoms with Gasteiger partial charge in [0.1, 0.15) is 5.82 Å². The van der Waals surface area contributed by atoms with E-state index in [4.69, 9.17) is 11.6 Å². The summed E-state index contributed by atoms with van der Waals surface area (Å²) in [5.74, 6) is -4.90. The predicted molar refractivity (Wildman–Crippen MR) is 130 cm³/mol. The first-order valence-corrected chi connectivity index (χ1v) is 13.0. The van der Waals surface area contributed by atoms with Gasteiger partial charge in [0.05, 0.1) is 39.6 Å². The lowest BCUT2D eigenvalue weighted by Crippen LogP contribution is -2.44. The molecular weight excluding hydrogens is 587 g/mol. The Kier molecular flexibility index (Phi) is 7.95. The number of halogens is 8. The molecule has 15 heteroatoms. The molecule has 0 aliphatic heterocycles. The molecule has 2 fully saturated rings. The summed E-state index contributed by atoms with van der Waals surface area (Å²) < 4.78 is 98.7. The van der Waals surface area contributed by atoms with E-state index < -0.39 is 95.5 Å². The summed E-state index contributed by atoms with van der Waals surface area (Å²) in [4.78, 5) is 38.3. The number of nitrogens with zero attached hydrogens (tertiary/aromatic N) is 3. The van der Waals surface area contributed by atoms with Crippen LogP contribution in [0.4, 0.5) is 30.7 Å². The predicted octanol–water partition coefficient (Wildman–Crippen LogP) is 6.57. The number of carboxylic acid groups (broad SMARTS) is 1. The Bertz CT molecular complexity index is 1340. The second-order valence-electron chi connectivity index (χ2n) is 10.9. The van der Waals surface area contributed by atoms with Crippen molar-refractivity contribution in [3.8, 4) is 0 Å². The molecule has 224 valence electrons. The monoisotopic (exact) mass is 611 g/mol. The van der Waals surface area contributed by atoms with Gasteiger partial charge in [0.2, 0.25) is 0 Å². The zero-order chi connectivity index (χ0) is 30.5. The quantitative estimate of drug-likeness (QED) is 0.269. The second kappa shape index (κ2) is 10.6. The fourth-order valence-electron chi connectivity index (χ4n) is 5.10. The van der Waals surface area contributed by atoms with Crippen molar-refractivity contribution < 1.29 is 50.2 Å². The Labute approximate surface area is 234 Å². The molecular formula is C26H25ClF7N3O4. The highest BCUT2D eigenvalue weighted by atomic mass is 35.5. The summed E-state index contributed by atoms with van der Waals surface area (Å²) in [6, 6.07) is 2.48. The number of hydrogen-bond acceptors (Lipinski definition) is 4. The van der Waals surface area contributed by atoms with Gasteiger partial charge in [-0.25, -0.2) is 4.39 Å². The molecule has 2 aliphatic rings. The fraction of sp³-hybridized carbons (Fsp3) is 0.538. The number of ketones is 1. The van der Waals surface area contributed by atoms with Crippen LogP contribution in [0.3, 0.4) is 0 Å². The van der Waals surface area contributed by atoms with E-state index in [0.717, 1.165) is 23.0 Å². The molecule has 2 saturated carbocycles. The van der Waals surface area contributed by atoms with Gasteiger partial charge in [-0.2, -0.15) is 31.4 Å². The smallest absolute Gasteiger partial charge is 0.435 e. The maximum Gasteiger partial charge on any atom is 0.435 e. The van der Waals surface area contributed by atoms with Crippen LogP contribution < -0.4 is 0 Å². The van der Waals surface area contributed by atoms with Gasteiger partial charge >= 0.3 is 18.3 Å². The molecule has 0 bridgehead atoms. The molecule has 0 atom stereocenters. The van der Waals surface area contributed by atoms with Crippen LogP contribution in [0.2, 0.25) is 5.02 Å². The molecule has 41 heavy (non-hydrogen) atoms. The first kappa shape index (κ1) is 30.8. The third-order valence-electron chi connectivity index (χ3n) is 7.99. The summed E-state index contributed by atoms with van der Waals surface area (Å²) >= 11 is 5.89. The second-order valence-corrected chi connectivity index (χ2v) is 11.3. The lowest BCUT2D eigenvalue weighted by Gasteiger charge is -2.33. The van der Waals surface area contributed by atoms with E-state index in [0.29, 0.717) is 4.90 Å². The summed E-state index contributed by atoms with van der Waals surface area (Å²) in [6.45, 7) is -0.786. The van der Waals surface area contributed by atoms with E-state index >= 15 is 0 Å². The Morgan fingerprint density at radius 3 is 2.20 bits per heavy atom. The molecule has 0 saturated heterocycles. The van der Waals surface area contributed by atoms with E-state index in [1.165, 1.54) is 13.0 Å². The molecule has 0 unspecified atom stereocenters. The van der Waals surface area contributed by atoms with Crippen molar-refractivity contribution in [3.05, 3.63) is 52.1 Å². The molecule has 4 rings (SSSR count). The topological polar surface area (TPSA) is 92.5 Å². The van der Waals surface area contributed by atoms with E-state index in [1.54, 1.807) is 0 Å². The number of amides is 1. The number of hydrogen-bond donors (Lipinski definition) is 1. The van der Waals surface area contributed by atoms with Crippen LogP contribution in [0.1, 0.15) is 77.9 Å². The van der Waals surface area contributed by atoms with Gasteiger partial charge in [-0.3, -0.25) is 19.1 Å². The van der Waals surface area contributed by atoms with Gasteiger partial charge < -0.3 is 10.0 Å². The third-order valence-corrected chi connectivity index (χ3v) is 8.31. The van der Waals surface area contributed by atoms with Crippen LogP contribution in [0.15, 0.2) is 24.4 Å². The minimum Gasteiger partial charge on any atom is -0.481 e. The molecule has 1 heterocycles. The van der Waals surface area contributed by atoms with Gasteiger partial charge in [0.15, 0.2) is 11.5 Å². The first-order chi connectivity index (χ1) is 18.9. The van der Waals surface area contributed by atoms with E-state index in [2.05, 4.69) is 5.10 Å². The van der Waals surface area contributed by atoms with Crippen LogP contribution in [-0.4, -0.2) is 56.7 Å². The standard InChI is InChI=1S/C26H25ClF7N3O4/c1-23(22(40)41)7-5-14(6-8-23)37-11-15(20(35-37)25(29,30)31)21(39)36(13-24(9-10-24)26(32,33)34)12-18(38)19-16(27)3-2-4-17(19)28/h2-4,11,14H,5-10,12-13H2,1H3,(H,40,41). The van der Waals surface area contributed by atoms with Crippen molar-refractivity contribution in [2.75, 3.05) is 13.1 Å². The van der Waals surface area contributed by atoms with Crippen LogP contribution in [0, 0.1) is 16.6 Å². The van der Waals surface area contributed by atoms with Crippen molar-refractivity contribution >= 4 is 29.3 Å². The van der Waals surface area contributed by atoms with Gasteiger partial charge in [-0.1, -0.05) is 17.7 Å². The Morgan fingerprint density at radius 2 is 1.71 bits per heavy atom. The number of carbonyl (C=O) groups excluding carboxylic acids is 2. The number of rotatable bonds is 8. The Hall–Kier alpha value is -3.16. The number of aromatic nitrogens is 2. The average molecular weight is 612 g/mol. The number of aliphatic carboxylic acids is 1. The highest BCUT2D eigenvalue weighted by molar-refractivity contribution is 6.34. The Balaban J connectivity index is 1.70. The lowest BCUT2D eigenvalue weighted by molar-refractivity contribution is -0.189. The summed E-state index contributed by atoms with van der Waals surface area (Å²) in [7, 11) is 0. The maximum atomic E-state index is 14.4. The summed E-state index contributed by atoms with van der Waals surface area (Å²) in [5.41, 5.74) is -6.96. The van der Waals surface area contributed by atoms with Crippen LogP contribution in [0.5, 0.6) is 0 Å². The first-order valence-electron chi connectivity index (χ1n) is 12.6. The average Bonchev–Trinajstić information content (AvgIpc) is 3.51. The molecule has 1 N–H and O–H groups in total. The Morgan fingerprint density at radius 1 is 1.10 bits per heavy atom. The van der Waals surface area contributed by atoms with Gasteiger partial charge in [-0.05, 0) is 57.6 Å². The minimum atomic E-state index is -5.19. The highest BCUT2D eigenvalue weighted by Crippen LogP contribution is 2.58. The molecule has 1 aromatic heterocycles. The van der Waals surface area contributed by atoms with E-state index in [9.17, 15) is 50.2 Å². The highest BCUT2D eigenvalue weighted by Gasteiger charge is 2.64. The van der Waals surface area contributed by atoms with Crippen molar-refractivity contribution in [2.45, 2.75) is 63.8 Å². The molecule has 1 amide bonds. The van der Waals surface area contributed by atoms with Crippen LogP contribution in [0.25, 0.3) is 0 Å². The van der Waals surface area contributed by atoms with Crippen molar-refractivity contribution in [2.24, 2.45) is 10.8 Å². The van der Waals surface area contributed by atoms with Crippen molar-refractivity contribution in [1.82, 2.24) is 14.7 Å². The van der Waals surface area contributed by atoms with Crippen LogP contribution >= 0.6 is 11.6 Å². The fourth-order valence-corrected chi connectivity index (χ4v) is 5.37. The molecule has 0 spiro atoms. The molecule has 1 aromatic carbocycles. The summed E-state index contributed by atoms with van der Waals surface area (Å²) in [6.07, 6.45) is -9.58. The zero-order valence-electron chi connectivity index (χ0n) is 21.6.